The average Bonchev–Trinajstić information content (AvgIpc) is 2.81. The summed E-state index contributed by atoms with van der Waals surface area (Å²) in [6, 6.07) is 10.6. The molecule has 3 amide bonds. The van der Waals surface area contributed by atoms with Gasteiger partial charge in [0.15, 0.2) is 0 Å². The number of nitrogens with one attached hydrogen (secondary N) is 3. The van der Waals surface area contributed by atoms with Crippen molar-refractivity contribution < 1.29 is 29.0 Å². The number of carboxylic acids is 1. The van der Waals surface area contributed by atoms with Crippen molar-refractivity contribution in [1.29, 1.82) is 0 Å². The summed E-state index contributed by atoms with van der Waals surface area (Å²) in [5.41, 5.74) is 0.0433. The first-order valence-electron chi connectivity index (χ1n) is 11.2. The van der Waals surface area contributed by atoms with Crippen molar-refractivity contribution in [3.05, 3.63) is 60.7 Å². The highest BCUT2D eigenvalue weighted by molar-refractivity contribution is 5.93. The first kappa shape index (κ1) is 27.4. The molecule has 2 aromatic rings. The molecule has 2 aromatic carbocycles. The summed E-state index contributed by atoms with van der Waals surface area (Å²) in [5.74, 6) is -3.74. The maximum atomic E-state index is 13.5. The summed E-state index contributed by atoms with van der Waals surface area (Å²) in [6.07, 6.45) is 0.346. The molecule has 0 heterocycles. The first-order valence-corrected chi connectivity index (χ1v) is 11.2. The summed E-state index contributed by atoms with van der Waals surface area (Å²) < 4.78 is 4.87. The number of rotatable bonds is 10. The van der Waals surface area contributed by atoms with Crippen LogP contribution in [0.3, 0.4) is 0 Å². The molecule has 0 spiro atoms. The standard InChI is InChI=1S/C26H33N3O6/c1-6-13-35-25(34)28-20(24(32)33)19(22(30)29-21(23(31)27-5)26(2,3)4)15-16-11-12-17-9-7-8-10-18(17)14-16/h6-12,14,19-21H,1,13,15H2,2-5H3,(H,27,31)(H,28,34)(H,29,30)(H,32,33)/t19-,20+,21-/m1/s1. The molecule has 0 saturated carbocycles. The lowest BCUT2D eigenvalue weighted by atomic mass is 9.84. The second-order valence-electron chi connectivity index (χ2n) is 9.26. The van der Waals surface area contributed by atoms with Crippen molar-refractivity contribution in [2.45, 2.75) is 39.3 Å². The fraction of sp³-hybridized carbons (Fsp3) is 0.385. The van der Waals surface area contributed by atoms with E-state index in [1.165, 1.54) is 13.1 Å². The molecule has 9 nitrogen and oxygen atoms in total. The molecule has 9 heteroatoms. The van der Waals surface area contributed by atoms with Crippen LogP contribution in [-0.2, 0) is 25.5 Å². The summed E-state index contributed by atoms with van der Waals surface area (Å²) in [7, 11) is 1.46. The monoisotopic (exact) mass is 483 g/mol. The SMILES string of the molecule is C=CCOC(=O)N[C@H](C(=O)O)[C@@H](Cc1ccc2ccccc2c1)C(=O)N[C@H](C(=O)NC)C(C)(C)C. The van der Waals surface area contributed by atoms with Gasteiger partial charge in [0.25, 0.3) is 0 Å². The topological polar surface area (TPSA) is 134 Å². The van der Waals surface area contributed by atoms with Gasteiger partial charge in [-0.05, 0) is 28.2 Å². The smallest absolute Gasteiger partial charge is 0.408 e. The van der Waals surface area contributed by atoms with Gasteiger partial charge in [-0.3, -0.25) is 9.59 Å². The average molecular weight is 484 g/mol. The molecular formula is C26H33N3O6. The molecule has 3 atom stereocenters. The minimum Gasteiger partial charge on any atom is -0.480 e. The Morgan fingerprint density at radius 2 is 1.69 bits per heavy atom. The number of aliphatic carboxylic acids is 1. The summed E-state index contributed by atoms with van der Waals surface area (Å²) in [5, 5.41) is 19.3. The van der Waals surface area contributed by atoms with E-state index in [9.17, 15) is 24.3 Å². The van der Waals surface area contributed by atoms with Crippen LogP contribution < -0.4 is 16.0 Å². The number of amides is 3. The Bertz CT molecular complexity index is 1090. The van der Waals surface area contributed by atoms with E-state index in [-0.39, 0.29) is 13.0 Å². The molecule has 0 unspecified atom stereocenters. The van der Waals surface area contributed by atoms with Crippen molar-refractivity contribution in [1.82, 2.24) is 16.0 Å². The lowest BCUT2D eigenvalue weighted by Crippen LogP contribution is -2.58. The van der Waals surface area contributed by atoms with E-state index >= 15 is 0 Å². The zero-order valence-electron chi connectivity index (χ0n) is 20.5. The molecule has 4 N–H and O–H groups in total. The van der Waals surface area contributed by atoms with E-state index in [1.54, 1.807) is 26.8 Å². The van der Waals surface area contributed by atoms with Crippen LogP contribution in [0.25, 0.3) is 10.8 Å². The van der Waals surface area contributed by atoms with Gasteiger partial charge >= 0.3 is 12.1 Å². The Hall–Kier alpha value is -3.88. The normalized spacial score (nSPS) is 13.7. The van der Waals surface area contributed by atoms with E-state index in [0.717, 1.165) is 10.8 Å². The quantitative estimate of drug-likeness (QED) is 0.384. The van der Waals surface area contributed by atoms with Gasteiger partial charge in [0.1, 0.15) is 18.7 Å². The maximum Gasteiger partial charge on any atom is 0.408 e. The van der Waals surface area contributed by atoms with Gasteiger partial charge in [-0.25, -0.2) is 9.59 Å². The molecule has 188 valence electrons. The molecule has 0 aliphatic rings. The molecular weight excluding hydrogens is 450 g/mol. The Balaban J connectivity index is 2.44. The number of hydrogen-bond acceptors (Lipinski definition) is 5. The summed E-state index contributed by atoms with van der Waals surface area (Å²) in [6.45, 7) is 8.67. The van der Waals surface area contributed by atoms with Crippen molar-refractivity contribution in [2.75, 3.05) is 13.7 Å². The third kappa shape index (κ3) is 7.56. The molecule has 0 aromatic heterocycles. The Morgan fingerprint density at radius 1 is 1.03 bits per heavy atom. The van der Waals surface area contributed by atoms with Gasteiger partial charge in [0.05, 0.1) is 5.92 Å². The third-order valence-corrected chi connectivity index (χ3v) is 5.54. The Morgan fingerprint density at radius 3 is 2.26 bits per heavy atom. The van der Waals surface area contributed by atoms with Gasteiger partial charge in [-0.15, -0.1) is 0 Å². The minimum atomic E-state index is -1.61. The van der Waals surface area contributed by atoms with Crippen LogP contribution in [0.1, 0.15) is 26.3 Å². The van der Waals surface area contributed by atoms with Crippen LogP contribution in [0.2, 0.25) is 0 Å². The highest BCUT2D eigenvalue weighted by Crippen LogP contribution is 2.23. The largest absolute Gasteiger partial charge is 0.480 e. The number of likely N-dealkylation sites (N-methyl/N-ethyl adjacent to an activating group) is 1. The third-order valence-electron chi connectivity index (χ3n) is 5.54. The van der Waals surface area contributed by atoms with Crippen LogP contribution in [0.4, 0.5) is 4.79 Å². The zero-order chi connectivity index (χ0) is 26.2. The molecule has 0 aliphatic carbocycles. The predicted octanol–water partition coefficient (Wildman–Crippen LogP) is 2.64. The fourth-order valence-corrected chi connectivity index (χ4v) is 3.69. The van der Waals surface area contributed by atoms with Gasteiger partial charge in [-0.2, -0.15) is 0 Å². The van der Waals surface area contributed by atoms with Gasteiger partial charge in [-0.1, -0.05) is 75.9 Å². The molecule has 0 saturated heterocycles. The summed E-state index contributed by atoms with van der Waals surface area (Å²) >= 11 is 0. The van der Waals surface area contributed by atoms with Crippen molar-refractivity contribution in [3.8, 4) is 0 Å². The second-order valence-corrected chi connectivity index (χ2v) is 9.26. The number of hydrogen-bond donors (Lipinski definition) is 4. The molecule has 0 radical (unpaired) electrons. The lowest BCUT2D eigenvalue weighted by molar-refractivity contribution is -0.144. The van der Waals surface area contributed by atoms with Crippen molar-refractivity contribution in [3.63, 3.8) is 0 Å². The molecule has 35 heavy (non-hydrogen) atoms. The molecule has 0 bridgehead atoms. The van der Waals surface area contributed by atoms with Crippen LogP contribution >= 0.6 is 0 Å². The number of carbonyl (C=O) groups excluding carboxylic acids is 3. The van der Waals surface area contributed by atoms with Gasteiger partial charge in [0.2, 0.25) is 11.8 Å². The van der Waals surface area contributed by atoms with E-state index in [2.05, 4.69) is 22.5 Å². The van der Waals surface area contributed by atoms with E-state index in [1.807, 2.05) is 36.4 Å². The number of fused-ring (bicyclic) bond motifs is 1. The number of ether oxygens (including phenoxy) is 1. The highest BCUT2D eigenvalue weighted by atomic mass is 16.5. The maximum absolute atomic E-state index is 13.5. The van der Waals surface area contributed by atoms with Crippen LogP contribution in [0.15, 0.2) is 55.1 Å². The number of benzene rings is 2. The van der Waals surface area contributed by atoms with E-state index in [4.69, 9.17) is 4.74 Å². The second kappa shape index (κ2) is 12.0. The van der Waals surface area contributed by atoms with Crippen LogP contribution in [-0.4, -0.2) is 54.7 Å². The van der Waals surface area contributed by atoms with E-state index in [0.29, 0.717) is 5.56 Å². The minimum absolute atomic E-state index is 0.0000203. The van der Waals surface area contributed by atoms with Crippen LogP contribution in [0, 0.1) is 11.3 Å². The summed E-state index contributed by atoms with van der Waals surface area (Å²) in [4.78, 5) is 50.3. The van der Waals surface area contributed by atoms with E-state index < -0.39 is 47.3 Å². The van der Waals surface area contributed by atoms with Gasteiger partial charge in [0, 0.05) is 7.05 Å². The van der Waals surface area contributed by atoms with Crippen LogP contribution in [0.5, 0.6) is 0 Å². The van der Waals surface area contributed by atoms with Crippen molar-refractivity contribution in [2.24, 2.45) is 11.3 Å². The zero-order valence-corrected chi connectivity index (χ0v) is 20.5. The number of carboxylic acid groups (broad SMARTS) is 1. The van der Waals surface area contributed by atoms with Gasteiger partial charge < -0.3 is 25.8 Å². The lowest BCUT2D eigenvalue weighted by Gasteiger charge is -2.32. The highest BCUT2D eigenvalue weighted by Gasteiger charge is 2.39. The molecule has 0 fully saturated rings. The number of alkyl carbamates (subject to hydrolysis) is 1. The predicted molar refractivity (Wildman–Crippen MR) is 133 cm³/mol. The molecule has 0 aliphatic heterocycles. The molecule has 2 rings (SSSR count). The van der Waals surface area contributed by atoms with Crippen molar-refractivity contribution >= 4 is 34.6 Å². The first-order chi connectivity index (χ1) is 16.5. The number of carbonyl (C=O) groups is 4. The fourth-order valence-electron chi connectivity index (χ4n) is 3.69. The Kier molecular flexibility index (Phi) is 9.39. The Labute approximate surface area is 204 Å².